The summed E-state index contributed by atoms with van der Waals surface area (Å²) >= 11 is 6.05. The van der Waals surface area contributed by atoms with Crippen molar-refractivity contribution in [3.8, 4) is 0 Å². The molecule has 1 atom stereocenters. The van der Waals surface area contributed by atoms with Gasteiger partial charge in [0.2, 0.25) is 0 Å². The van der Waals surface area contributed by atoms with Gasteiger partial charge in [0.05, 0.1) is 5.69 Å². The maximum absolute atomic E-state index is 13.0. The number of aromatic nitrogens is 3. The van der Waals surface area contributed by atoms with Gasteiger partial charge in [0.25, 0.3) is 0 Å². The van der Waals surface area contributed by atoms with Crippen molar-refractivity contribution in [2.75, 3.05) is 7.05 Å². The molecule has 0 aliphatic carbocycles. The van der Waals surface area contributed by atoms with Gasteiger partial charge < -0.3 is 5.32 Å². The summed E-state index contributed by atoms with van der Waals surface area (Å²) in [5.74, 6) is -0.335. The zero-order valence-corrected chi connectivity index (χ0v) is 10.9. The van der Waals surface area contributed by atoms with Crippen LogP contribution in [0.2, 0.25) is 5.02 Å². The van der Waals surface area contributed by atoms with E-state index in [0.29, 0.717) is 11.4 Å². The molecule has 1 heterocycles. The topological polar surface area (TPSA) is 42.7 Å². The van der Waals surface area contributed by atoms with Crippen LogP contribution >= 0.6 is 11.6 Å². The van der Waals surface area contributed by atoms with Crippen molar-refractivity contribution in [1.29, 1.82) is 0 Å². The highest BCUT2D eigenvalue weighted by Crippen LogP contribution is 2.25. The molecule has 2 rings (SSSR count). The van der Waals surface area contributed by atoms with E-state index in [9.17, 15) is 4.39 Å². The molecule has 1 N–H and O–H groups in total. The van der Waals surface area contributed by atoms with Gasteiger partial charge in [0.1, 0.15) is 5.82 Å². The molecule has 0 aliphatic heterocycles. The number of nitrogens with zero attached hydrogens (tertiary/aromatic N) is 3. The maximum Gasteiger partial charge on any atom is 0.124 e. The molecule has 0 saturated carbocycles. The summed E-state index contributed by atoms with van der Waals surface area (Å²) < 4.78 is 14.7. The SMILES string of the molecule is CNC(Cc1cn(C)nn1)c1ccc(F)cc1Cl. The highest BCUT2D eigenvalue weighted by Gasteiger charge is 2.15. The second kappa shape index (κ2) is 5.46. The van der Waals surface area contributed by atoms with Crippen molar-refractivity contribution >= 4 is 11.6 Å². The first-order chi connectivity index (χ1) is 8.60. The summed E-state index contributed by atoms with van der Waals surface area (Å²) in [6.07, 6.45) is 2.50. The molecule has 0 saturated heterocycles. The first kappa shape index (κ1) is 13.0. The van der Waals surface area contributed by atoms with Crippen LogP contribution in [0.15, 0.2) is 24.4 Å². The molecule has 2 aromatic rings. The third-order valence-electron chi connectivity index (χ3n) is 2.75. The molecule has 1 unspecified atom stereocenters. The van der Waals surface area contributed by atoms with Gasteiger partial charge in [0, 0.05) is 30.7 Å². The number of benzene rings is 1. The van der Waals surface area contributed by atoms with Gasteiger partial charge in [-0.25, -0.2) is 4.39 Å². The molecule has 6 heteroatoms. The average Bonchev–Trinajstić information content (AvgIpc) is 2.72. The third-order valence-corrected chi connectivity index (χ3v) is 3.08. The average molecular weight is 269 g/mol. The minimum Gasteiger partial charge on any atom is -0.313 e. The van der Waals surface area contributed by atoms with Crippen molar-refractivity contribution in [2.24, 2.45) is 7.05 Å². The van der Waals surface area contributed by atoms with Gasteiger partial charge in [-0.1, -0.05) is 22.9 Å². The monoisotopic (exact) mass is 268 g/mol. The van der Waals surface area contributed by atoms with Crippen molar-refractivity contribution < 1.29 is 4.39 Å². The van der Waals surface area contributed by atoms with Gasteiger partial charge in [-0.15, -0.1) is 5.10 Å². The molecule has 0 radical (unpaired) electrons. The number of hydrogen-bond acceptors (Lipinski definition) is 3. The molecular weight excluding hydrogens is 255 g/mol. The molecule has 0 fully saturated rings. The molecule has 4 nitrogen and oxygen atoms in total. The van der Waals surface area contributed by atoms with E-state index in [2.05, 4.69) is 15.6 Å². The van der Waals surface area contributed by atoms with E-state index < -0.39 is 0 Å². The largest absolute Gasteiger partial charge is 0.313 e. The lowest BCUT2D eigenvalue weighted by atomic mass is 10.0. The van der Waals surface area contributed by atoms with Crippen LogP contribution in [0.5, 0.6) is 0 Å². The van der Waals surface area contributed by atoms with E-state index in [-0.39, 0.29) is 11.9 Å². The molecule has 18 heavy (non-hydrogen) atoms. The van der Waals surface area contributed by atoms with Gasteiger partial charge in [0.15, 0.2) is 0 Å². The van der Waals surface area contributed by atoms with Crippen LogP contribution in [-0.4, -0.2) is 22.0 Å². The van der Waals surface area contributed by atoms with E-state index >= 15 is 0 Å². The van der Waals surface area contributed by atoms with Crippen molar-refractivity contribution in [3.05, 3.63) is 46.5 Å². The fourth-order valence-corrected chi connectivity index (χ4v) is 2.15. The van der Waals surface area contributed by atoms with Crippen LogP contribution in [0.1, 0.15) is 17.3 Å². The van der Waals surface area contributed by atoms with Crippen LogP contribution in [-0.2, 0) is 13.5 Å². The third kappa shape index (κ3) is 2.86. The van der Waals surface area contributed by atoms with E-state index in [1.807, 2.05) is 20.3 Å². The Hall–Kier alpha value is -1.46. The minimum absolute atomic E-state index is 0.0187. The number of rotatable bonds is 4. The van der Waals surface area contributed by atoms with Gasteiger partial charge >= 0.3 is 0 Å². The highest BCUT2D eigenvalue weighted by atomic mass is 35.5. The van der Waals surface area contributed by atoms with Crippen LogP contribution in [0.3, 0.4) is 0 Å². The molecule has 0 amide bonds. The predicted octanol–water partition coefficient (Wildman–Crippen LogP) is 2.11. The first-order valence-electron chi connectivity index (χ1n) is 5.57. The van der Waals surface area contributed by atoms with E-state index in [1.165, 1.54) is 12.1 Å². The Labute approximate surface area is 110 Å². The summed E-state index contributed by atoms with van der Waals surface area (Å²) in [4.78, 5) is 0. The van der Waals surface area contributed by atoms with Crippen LogP contribution in [0.4, 0.5) is 4.39 Å². The van der Waals surface area contributed by atoms with Crippen molar-refractivity contribution in [1.82, 2.24) is 20.3 Å². The second-order valence-corrected chi connectivity index (χ2v) is 4.50. The highest BCUT2D eigenvalue weighted by molar-refractivity contribution is 6.31. The Morgan fingerprint density at radius 1 is 1.50 bits per heavy atom. The zero-order chi connectivity index (χ0) is 13.1. The second-order valence-electron chi connectivity index (χ2n) is 4.09. The van der Waals surface area contributed by atoms with Crippen molar-refractivity contribution in [2.45, 2.75) is 12.5 Å². The van der Waals surface area contributed by atoms with Crippen LogP contribution < -0.4 is 5.32 Å². The summed E-state index contributed by atoms with van der Waals surface area (Å²) in [5.41, 5.74) is 1.71. The Morgan fingerprint density at radius 3 is 2.83 bits per heavy atom. The smallest absolute Gasteiger partial charge is 0.124 e. The molecule has 1 aromatic heterocycles. The number of likely N-dealkylation sites (N-methyl/N-ethyl adjacent to an activating group) is 1. The molecule has 96 valence electrons. The summed E-state index contributed by atoms with van der Waals surface area (Å²) in [6, 6.07) is 4.39. The molecule has 0 spiro atoms. The standard InChI is InChI=1S/C12H14ClFN4/c1-15-12(6-9-7-18(2)17-16-9)10-4-3-8(14)5-11(10)13/h3-5,7,12,15H,6H2,1-2H3. The van der Waals surface area contributed by atoms with Gasteiger partial charge in [-0.3, -0.25) is 4.68 Å². The van der Waals surface area contributed by atoms with Crippen molar-refractivity contribution in [3.63, 3.8) is 0 Å². The Bertz CT molecular complexity index is 541. The van der Waals surface area contributed by atoms with Crippen LogP contribution in [0.25, 0.3) is 0 Å². The Balaban J connectivity index is 2.22. The quantitative estimate of drug-likeness (QED) is 0.924. The Kier molecular flexibility index (Phi) is 3.93. The number of halogens is 2. The lowest BCUT2D eigenvalue weighted by Gasteiger charge is -2.16. The van der Waals surface area contributed by atoms with E-state index in [4.69, 9.17) is 11.6 Å². The van der Waals surface area contributed by atoms with Crippen LogP contribution in [0, 0.1) is 5.82 Å². The number of aryl methyl sites for hydroxylation is 1. The maximum atomic E-state index is 13.0. The summed E-state index contributed by atoms with van der Waals surface area (Å²) in [5, 5.41) is 11.5. The lowest BCUT2D eigenvalue weighted by molar-refractivity contribution is 0.578. The molecular formula is C12H14ClFN4. The van der Waals surface area contributed by atoms with Gasteiger partial charge in [-0.2, -0.15) is 0 Å². The molecule has 1 aromatic carbocycles. The number of hydrogen-bond donors (Lipinski definition) is 1. The minimum atomic E-state index is -0.335. The summed E-state index contributed by atoms with van der Waals surface area (Å²) in [6.45, 7) is 0. The fraction of sp³-hybridized carbons (Fsp3) is 0.333. The Morgan fingerprint density at radius 2 is 2.28 bits per heavy atom. The first-order valence-corrected chi connectivity index (χ1v) is 5.95. The van der Waals surface area contributed by atoms with Gasteiger partial charge in [-0.05, 0) is 24.7 Å². The predicted molar refractivity (Wildman–Crippen MR) is 67.9 cm³/mol. The van der Waals surface area contributed by atoms with E-state index in [1.54, 1.807) is 10.7 Å². The fourth-order valence-electron chi connectivity index (χ4n) is 1.85. The molecule has 0 bridgehead atoms. The normalized spacial score (nSPS) is 12.7. The zero-order valence-electron chi connectivity index (χ0n) is 10.2. The number of nitrogens with one attached hydrogen (secondary N) is 1. The lowest BCUT2D eigenvalue weighted by Crippen LogP contribution is -2.19. The van der Waals surface area contributed by atoms with E-state index in [0.717, 1.165) is 11.3 Å². The molecule has 0 aliphatic rings. The summed E-state index contributed by atoms with van der Waals surface area (Å²) in [7, 11) is 3.65.